The van der Waals surface area contributed by atoms with Crippen molar-refractivity contribution < 1.29 is 9.21 Å². The molecule has 0 spiro atoms. The average Bonchev–Trinajstić information content (AvgIpc) is 3.03. The summed E-state index contributed by atoms with van der Waals surface area (Å²) in [7, 11) is 0. The van der Waals surface area contributed by atoms with Gasteiger partial charge in [-0.2, -0.15) is 5.10 Å². The molecule has 2 aromatic heterocycles. The van der Waals surface area contributed by atoms with Crippen molar-refractivity contribution in [1.82, 2.24) is 14.7 Å². The van der Waals surface area contributed by atoms with Gasteiger partial charge in [0.25, 0.3) is 0 Å². The molecular weight excluding hydrogens is 278 g/mol. The van der Waals surface area contributed by atoms with Crippen LogP contribution in [0.25, 0.3) is 0 Å². The number of carbonyl (C=O) groups is 1. The Morgan fingerprint density at radius 2 is 2.14 bits per heavy atom. The molecule has 1 saturated carbocycles. The molecule has 0 N–H and O–H groups in total. The third-order valence-corrected chi connectivity index (χ3v) is 4.34. The molecule has 1 aliphatic carbocycles. The Morgan fingerprint density at radius 3 is 2.64 bits per heavy atom. The number of amides is 1. The van der Waals surface area contributed by atoms with Crippen LogP contribution in [0.1, 0.15) is 55.9 Å². The number of hydrogen-bond acceptors (Lipinski definition) is 3. The molecule has 5 heteroatoms. The summed E-state index contributed by atoms with van der Waals surface area (Å²) < 4.78 is 7.32. The van der Waals surface area contributed by atoms with Crippen molar-refractivity contribution >= 4 is 5.91 Å². The summed E-state index contributed by atoms with van der Waals surface area (Å²) in [5, 5.41) is 4.46. The lowest BCUT2D eigenvalue weighted by Gasteiger charge is -2.31. The van der Waals surface area contributed by atoms with Crippen LogP contribution in [0.2, 0.25) is 0 Å². The fourth-order valence-electron chi connectivity index (χ4n) is 3.06. The van der Waals surface area contributed by atoms with Crippen LogP contribution in [0.3, 0.4) is 0 Å². The first-order valence-corrected chi connectivity index (χ1v) is 7.87. The SMILES string of the molecule is Cc1cc(C)n([C@H](C)C(=O)N(C2CC2)[C@H](C)c2ccco2)n1. The molecule has 0 aliphatic heterocycles. The standard InChI is InChI=1S/C17H23N3O2/c1-11-10-12(2)20(18-11)14(4)17(21)19(15-7-8-15)13(3)16-6-5-9-22-16/h5-6,9-10,13-15H,7-8H2,1-4H3/t13-,14-/m1/s1. The van der Waals surface area contributed by atoms with Crippen molar-refractivity contribution in [3.8, 4) is 0 Å². The van der Waals surface area contributed by atoms with Crippen molar-refractivity contribution in [3.05, 3.63) is 41.6 Å². The number of aryl methyl sites for hydroxylation is 2. The van der Waals surface area contributed by atoms with Gasteiger partial charge in [0.1, 0.15) is 11.8 Å². The van der Waals surface area contributed by atoms with E-state index in [-0.39, 0.29) is 18.0 Å². The molecule has 0 bridgehead atoms. The van der Waals surface area contributed by atoms with Gasteiger partial charge in [-0.25, -0.2) is 0 Å². The zero-order valence-electron chi connectivity index (χ0n) is 13.6. The van der Waals surface area contributed by atoms with Crippen molar-refractivity contribution in [1.29, 1.82) is 0 Å². The number of aromatic nitrogens is 2. The number of hydrogen-bond donors (Lipinski definition) is 0. The Hall–Kier alpha value is -2.04. The van der Waals surface area contributed by atoms with Crippen LogP contribution in [-0.4, -0.2) is 26.6 Å². The van der Waals surface area contributed by atoms with Crippen molar-refractivity contribution in [2.45, 2.75) is 58.7 Å². The van der Waals surface area contributed by atoms with Crippen LogP contribution >= 0.6 is 0 Å². The molecular formula is C17H23N3O2. The quantitative estimate of drug-likeness (QED) is 0.850. The Morgan fingerprint density at radius 1 is 1.41 bits per heavy atom. The molecule has 2 heterocycles. The smallest absolute Gasteiger partial charge is 0.248 e. The lowest BCUT2D eigenvalue weighted by atomic mass is 10.1. The third kappa shape index (κ3) is 2.67. The van der Waals surface area contributed by atoms with E-state index in [1.54, 1.807) is 6.26 Å². The Labute approximate surface area is 130 Å². The number of rotatable bonds is 5. The topological polar surface area (TPSA) is 51.3 Å². The molecule has 2 aromatic rings. The highest BCUT2D eigenvalue weighted by atomic mass is 16.3. The van der Waals surface area contributed by atoms with E-state index in [2.05, 4.69) is 5.10 Å². The summed E-state index contributed by atoms with van der Waals surface area (Å²) in [6, 6.07) is 5.78. The summed E-state index contributed by atoms with van der Waals surface area (Å²) in [5.41, 5.74) is 1.95. The van der Waals surface area contributed by atoms with Gasteiger partial charge in [-0.1, -0.05) is 0 Å². The molecule has 1 fully saturated rings. The minimum Gasteiger partial charge on any atom is -0.467 e. The molecule has 0 aromatic carbocycles. The Balaban J connectivity index is 1.85. The number of nitrogens with zero attached hydrogens (tertiary/aromatic N) is 3. The van der Waals surface area contributed by atoms with Crippen LogP contribution in [0, 0.1) is 13.8 Å². The highest BCUT2D eigenvalue weighted by molar-refractivity contribution is 5.81. The second-order valence-corrected chi connectivity index (χ2v) is 6.22. The predicted octanol–water partition coefficient (Wildman–Crippen LogP) is 3.41. The average molecular weight is 301 g/mol. The van der Waals surface area contributed by atoms with Crippen LogP contribution in [-0.2, 0) is 4.79 Å². The maximum atomic E-state index is 13.0. The molecule has 22 heavy (non-hydrogen) atoms. The van der Waals surface area contributed by atoms with E-state index in [1.165, 1.54) is 0 Å². The van der Waals surface area contributed by atoms with Crippen LogP contribution in [0.15, 0.2) is 28.9 Å². The maximum Gasteiger partial charge on any atom is 0.248 e. The fourth-order valence-corrected chi connectivity index (χ4v) is 3.06. The minimum absolute atomic E-state index is 0.0468. The lowest BCUT2D eigenvalue weighted by molar-refractivity contribution is -0.138. The highest BCUT2D eigenvalue weighted by Gasteiger charge is 2.39. The summed E-state index contributed by atoms with van der Waals surface area (Å²) >= 11 is 0. The van der Waals surface area contributed by atoms with E-state index in [1.807, 2.05) is 55.5 Å². The Kier molecular flexibility index (Phi) is 3.81. The van der Waals surface area contributed by atoms with E-state index in [0.29, 0.717) is 6.04 Å². The second-order valence-electron chi connectivity index (χ2n) is 6.22. The monoisotopic (exact) mass is 301 g/mol. The summed E-state index contributed by atoms with van der Waals surface area (Å²) in [6.45, 7) is 7.89. The van der Waals surface area contributed by atoms with Gasteiger partial charge in [0.05, 0.1) is 18.0 Å². The lowest BCUT2D eigenvalue weighted by Crippen LogP contribution is -2.40. The van der Waals surface area contributed by atoms with Gasteiger partial charge in [0, 0.05) is 11.7 Å². The van der Waals surface area contributed by atoms with E-state index in [9.17, 15) is 4.79 Å². The molecule has 3 rings (SSSR count). The molecule has 0 saturated heterocycles. The van der Waals surface area contributed by atoms with Gasteiger partial charge in [0.2, 0.25) is 5.91 Å². The zero-order valence-corrected chi connectivity index (χ0v) is 13.6. The third-order valence-electron chi connectivity index (χ3n) is 4.34. The van der Waals surface area contributed by atoms with E-state index in [4.69, 9.17) is 4.42 Å². The van der Waals surface area contributed by atoms with Gasteiger partial charge < -0.3 is 9.32 Å². The molecule has 118 valence electrons. The van der Waals surface area contributed by atoms with Crippen LogP contribution < -0.4 is 0 Å². The number of carbonyl (C=O) groups excluding carboxylic acids is 1. The zero-order chi connectivity index (χ0) is 15.9. The van der Waals surface area contributed by atoms with Crippen molar-refractivity contribution in [2.24, 2.45) is 0 Å². The normalized spacial score (nSPS) is 17.3. The minimum atomic E-state index is -0.299. The first-order valence-electron chi connectivity index (χ1n) is 7.87. The van der Waals surface area contributed by atoms with Gasteiger partial charge in [-0.15, -0.1) is 0 Å². The van der Waals surface area contributed by atoms with Crippen molar-refractivity contribution in [3.63, 3.8) is 0 Å². The van der Waals surface area contributed by atoms with Gasteiger partial charge in [-0.05, 0) is 58.7 Å². The van der Waals surface area contributed by atoms with E-state index in [0.717, 1.165) is 30.0 Å². The van der Waals surface area contributed by atoms with Gasteiger partial charge >= 0.3 is 0 Å². The summed E-state index contributed by atoms with van der Waals surface area (Å²) in [4.78, 5) is 15.0. The summed E-state index contributed by atoms with van der Waals surface area (Å²) in [6.07, 6.45) is 3.80. The highest BCUT2D eigenvalue weighted by Crippen LogP contribution is 2.36. The number of furan rings is 1. The predicted molar refractivity (Wildman–Crippen MR) is 83.4 cm³/mol. The molecule has 1 aliphatic rings. The molecule has 0 unspecified atom stereocenters. The largest absolute Gasteiger partial charge is 0.467 e. The fraction of sp³-hybridized carbons (Fsp3) is 0.529. The van der Waals surface area contributed by atoms with Gasteiger partial charge in [-0.3, -0.25) is 9.48 Å². The van der Waals surface area contributed by atoms with Crippen LogP contribution in [0.5, 0.6) is 0 Å². The first-order chi connectivity index (χ1) is 10.5. The second kappa shape index (κ2) is 5.63. The first kappa shape index (κ1) is 14.9. The Bertz CT molecular complexity index is 656. The van der Waals surface area contributed by atoms with E-state index >= 15 is 0 Å². The summed E-state index contributed by atoms with van der Waals surface area (Å²) in [5.74, 6) is 0.943. The molecule has 5 nitrogen and oxygen atoms in total. The molecule has 1 amide bonds. The van der Waals surface area contributed by atoms with Gasteiger partial charge in [0.15, 0.2) is 0 Å². The van der Waals surface area contributed by atoms with E-state index < -0.39 is 0 Å². The van der Waals surface area contributed by atoms with Crippen molar-refractivity contribution in [2.75, 3.05) is 0 Å². The molecule has 0 radical (unpaired) electrons. The molecule has 2 atom stereocenters. The van der Waals surface area contributed by atoms with Crippen LogP contribution in [0.4, 0.5) is 0 Å². The maximum absolute atomic E-state index is 13.0.